The van der Waals surface area contributed by atoms with Gasteiger partial charge in [-0.1, -0.05) is 25.1 Å². The summed E-state index contributed by atoms with van der Waals surface area (Å²) in [6, 6.07) is 8.93. The van der Waals surface area contributed by atoms with Gasteiger partial charge in [0.1, 0.15) is 12.4 Å². The largest absolute Gasteiger partial charge is 0.492 e. The Balaban J connectivity index is 1.77. The first-order valence-corrected chi connectivity index (χ1v) is 8.06. The SMILES string of the molecule is CCN1CCN(CCOc2ccccc2CNC)CC1C. The molecule has 21 heavy (non-hydrogen) atoms. The number of benzene rings is 1. The van der Waals surface area contributed by atoms with E-state index in [0.717, 1.165) is 45.1 Å². The van der Waals surface area contributed by atoms with Gasteiger partial charge in [0, 0.05) is 44.3 Å². The minimum atomic E-state index is 0.653. The number of rotatable bonds is 7. The molecule has 0 bridgehead atoms. The van der Waals surface area contributed by atoms with Gasteiger partial charge < -0.3 is 10.1 Å². The Kier molecular flexibility index (Phi) is 6.49. The van der Waals surface area contributed by atoms with Gasteiger partial charge in [-0.3, -0.25) is 9.80 Å². The molecule has 4 heteroatoms. The Morgan fingerprint density at radius 1 is 1.29 bits per heavy atom. The molecule has 118 valence electrons. The summed E-state index contributed by atoms with van der Waals surface area (Å²) in [5.41, 5.74) is 1.23. The third-order valence-corrected chi connectivity index (χ3v) is 4.26. The zero-order chi connectivity index (χ0) is 15.1. The second-order valence-electron chi connectivity index (χ2n) is 5.76. The van der Waals surface area contributed by atoms with Gasteiger partial charge in [-0.25, -0.2) is 0 Å². The lowest BCUT2D eigenvalue weighted by Crippen LogP contribution is -2.52. The third-order valence-electron chi connectivity index (χ3n) is 4.26. The smallest absolute Gasteiger partial charge is 0.123 e. The summed E-state index contributed by atoms with van der Waals surface area (Å²) in [5, 5.41) is 3.19. The third kappa shape index (κ3) is 4.70. The van der Waals surface area contributed by atoms with Crippen LogP contribution in [0.3, 0.4) is 0 Å². The molecule has 0 radical (unpaired) electrons. The van der Waals surface area contributed by atoms with Gasteiger partial charge in [0.25, 0.3) is 0 Å². The number of nitrogens with zero attached hydrogens (tertiary/aromatic N) is 2. The van der Waals surface area contributed by atoms with E-state index in [1.165, 1.54) is 12.1 Å². The second kappa shape index (κ2) is 8.37. The van der Waals surface area contributed by atoms with Crippen molar-refractivity contribution in [3.63, 3.8) is 0 Å². The van der Waals surface area contributed by atoms with Crippen LogP contribution in [0.15, 0.2) is 24.3 Å². The molecule has 1 atom stereocenters. The molecule has 0 spiro atoms. The predicted molar refractivity (Wildman–Crippen MR) is 87.8 cm³/mol. The van der Waals surface area contributed by atoms with Crippen molar-refractivity contribution in [2.24, 2.45) is 0 Å². The van der Waals surface area contributed by atoms with Crippen LogP contribution in [-0.4, -0.2) is 62.2 Å². The van der Waals surface area contributed by atoms with Crippen molar-refractivity contribution >= 4 is 0 Å². The average Bonchev–Trinajstić information content (AvgIpc) is 2.49. The molecule has 4 nitrogen and oxygen atoms in total. The molecule has 0 saturated carbocycles. The molecular weight excluding hydrogens is 262 g/mol. The summed E-state index contributed by atoms with van der Waals surface area (Å²) < 4.78 is 5.99. The molecule has 1 aliphatic rings. The number of hydrogen-bond acceptors (Lipinski definition) is 4. The van der Waals surface area contributed by atoms with Gasteiger partial charge in [0.05, 0.1) is 0 Å². The van der Waals surface area contributed by atoms with Gasteiger partial charge in [-0.15, -0.1) is 0 Å². The Morgan fingerprint density at radius 3 is 2.81 bits per heavy atom. The molecular formula is C17H29N3O. The van der Waals surface area contributed by atoms with E-state index < -0.39 is 0 Å². The molecule has 0 amide bonds. The van der Waals surface area contributed by atoms with Crippen LogP contribution in [0.25, 0.3) is 0 Å². The highest BCUT2D eigenvalue weighted by molar-refractivity contribution is 5.33. The normalized spacial score (nSPS) is 20.6. The highest BCUT2D eigenvalue weighted by Gasteiger charge is 2.21. The fraction of sp³-hybridized carbons (Fsp3) is 0.647. The molecule has 1 aromatic carbocycles. The zero-order valence-electron chi connectivity index (χ0n) is 13.6. The van der Waals surface area contributed by atoms with Crippen molar-refractivity contribution < 1.29 is 4.74 Å². The van der Waals surface area contributed by atoms with E-state index >= 15 is 0 Å². The lowest BCUT2D eigenvalue weighted by molar-refractivity contribution is 0.0780. The molecule has 1 unspecified atom stereocenters. The Hall–Kier alpha value is -1.10. The van der Waals surface area contributed by atoms with E-state index in [1.54, 1.807) is 0 Å². The highest BCUT2D eigenvalue weighted by Crippen LogP contribution is 2.17. The summed E-state index contributed by atoms with van der Waals surface area (Å²) in [4.78, 5) is 5.05. The van der Waals surface area contributed by atoms with E-state index in [0.29, 0.717) is 6.04 Å². The first kappa shape index (κ1) is 16.3. The molecule has 0 aromatic heterocycles. The van der Waals surface area contributed by atoms with Crippen LogP contribution in [-0.2, 0) is 6.54 Å². The molecule has 1 fully saturated rings. The molecule has 1 heterocycles. The fourth-order valence-electron chi connectivity index (χ4n) is 3.01. The Bertz CT molecular complexity index is 424. The van der Waals surface area contributed by atoms with Crippen molar-refractivity contribution in [2.45, 2.75) is 26.4 Å². The standard InChI is InChI=1S/C17H29N3O/c1-4-20-10-9-19(14-15(20)2)11-12-21-17-8-6-5-7-16(17)13-18-3/h5-8,15,18H,4,9-14H2,1-3H3. The minimum absolute atomic E-state index is 0.653. The van der Waals surface area contributed by atoms with E-state index in [4.69, 9.17) is 4.74 Å². The molecule has 2 rings (SSSR count). The van der Waals surface area contributed by atoms with Gasteiger partial charge in [0.15, 0.2) is 0 Å². The van der Waals surface area contributed by atoms with Crippen molar-refractivity contribution in [1.82, 2.24) is 15.1 Å². The first-order chi connectivity index (χ1) is 10.2. The van der Waals surface area contributed by atoms with E-state index in [-0.39, 0.29) is 0 Å². The van der Waals surface area contributed by atoms with Crippen LogP contribution >= 0.6 is 0 Å². The molecule has 1 saturated heterocycles. The molecule has 0 aliphatic carbocycles. The quantitative estimate of drug-likeness (QED) is 0.829. The fourth-order valence-corrected chi connectivity index (χ4v) is 3.01. The minimum Gasteiger partial charge on any atom is -0.492 e. The van der Waals surface area contributed by atoms with Crippen LogP contribution in [0.4, 0.5) is 0 Å². The topological polar surface area (TPSA) is 27.7 Å². The summed E-state index contributed by atoms with van der Waals surface area (Å²) >= 11 is 0. The lowest BCUT2D eigenvalue weighted by Gasteiger charge is -2.39. The average molecular weight is 291 g/mol. The van der Waals surface area contributed by atoms with Crippen molar-refractivity contribution in [3.05, 3.63) is 29.8 Å². The highest BCUT2D eigenvalue weighted by atomic mass is 16.5. The lowest BCUT2D eigenvalue weighted by atomic mass is 10.2. The van der Waals surface area contributed by atoms with Gasteiger partial charge >= 0.3 is 0 Å². The number of ether oxygens (including phenoxy) is 1. The molecule has 1 aliphatic heterocycles. The second-order valence-corrected chi connectivity index (χ2v) is 5.76. The predicted octanol–water partition coefficient (Wildman–Crippen LogP) is 1.81. The van der Waals surface area contributed by atoms with Gasteiger partial charge in [-0.2, -0.15) is 0 Å². The monoisotopic (exact) mass is 291 g/mol. The van der Waals surface area contributed by atoms with Crippen molar-refractivity contribution in [2.75, 3.05) is 46.4 Å². The summed E-state index contributed by atoms with van der Waals surface area (Å²) in [6.45, 7) is 11.8. The molecule has 1 aromatic rings. The number of para-hydroxylation sites is 1. The Labute approximate surface area is 129 Å². The van der Waals surface area contributed by atoms with Crippen molar-refractivity contribution in [1.29, 1.82) is 0 Å². The summed E-state index contributed by atoms with van der Waals surface area (Å²) in [7, 11) is 1.96. The van der Waals surface area contributed by atoms with Gasteiger partial charge in [0.2, 0.25) is 0 Å². The number of likely N-dealkylation sites (N-methyl/N-ethyl adjacent to an activating group) is 1. The maximum Gasteiger partial charge on any atom is 0.123 e. The van der Waals surface area contributed by atoms with Crippen molar-refractivity contribution in [3.8, 4) is 5.75 Å². The maximum atomic E-state index is 5.99. The summed E-state index contributed by atoms with van der Waals surface area (Å²) in [6.07, 6.45) is 0. The van der Waals surface area contributed by atoms with E-state index in [1.807, 2.05) is 13.1 Å². The molecule has 1 N–H and O–H groups in total. The zero-order valence-corrected chi connectivity index (χ0v) is 13.6. The van der Waals surface area contributed by atoms with Crippen LogP contribution in [0, 0.1) is 0 Å². The van der Waals surface area contributed by atoms with E-state index in [9.17, 15) is 0 Å². The van der Waals surface area contributed by atoms with E-state index in [2.05, 4.69) is 47.2 Å². The Morgan fingerprint density at radius 2 is 2.10 bits per heavy atom. The number of nitrogens with one attached hydrogen (secondary N) is 1. The van der Waals surface area contributed by atoms with Crippen LogP contribution in [0.2, 0.25) is 0 Å². The van der Waals surface area contributed by atoms with Crippen LogP contribution < -0.4 is 10.1 Å². The number of hydrogen-bond donors (Lipinski definition) is 1. The number of piperazine rings is 1. The summed E-state index contributed by atoms with van der Waals surface area (Å²) in [5.74, 6) is 1.01. The first-order valence-electron chi connectivity index (χ1n) is 8.06. The van der Waals surface area contributed by atoms with Crippen LogP contribution in [0.1, 0.15) is 19.4 Å². The van der Waals surface area contributed by atoms with Crippen LogP contribution in [0.5, 0.6) is 5.75 Å². The van der Waals surface area contributed by atoms with Gasteiger partial charge in [-0.05, 0) is 26.6 Å². The maximum absolute atomic E-state index is 5.99.